The zero-order chi connectivity index (χ0) is 14.9. The average molecular weight is 278 g/mol. The molecule has 0 N–H and O–H groups in total. The van der Waals surface area contributed by atoms with Gasteiger partial charge in [-0.15, -0.1) is 0 Å². The van der Waals surface area contributed by atoms with Crippen molar-refractivity contribution in [2.75, 3.05) is 18.6 Å². The van der Waals surface area contributed by atoms with E-state index in [9.17, 15) is 19.7 Å². The van der Waals surface area contributed by atoms with Gasteiger partial charge in [-0.25, -0.2) is 0 Å². The van der Waals surface area contributed by atoms with E-state index in [1.807, 2.05) is 0 Å². The fourth-order valence-electron chi connectivity index (χ4n) is 2.37. The van der Waals surface area contributed by atoms with Gasteiger partial charge < -0.3 is 9.64 Å². The number of hydrogen-bond donors (Lipinski definition) is 0. The van der Waals surface area contributed by atoms with Gasteiger partial charge in [0.15, 0.2) is 0 Å². The molecule has 20 heavy (non-hydrogen) atoms. The molecule has 7 heteroatoms. The highest BCUT2D eigenvalue weighted by atomic mass is 16.6. The number of ether oxygens (including phenoxy) is 1. The van der Waals surface area contributed by atoms with Crippen LogP contribution in [0.1, 0.15) is 12.0 Å². The van der Waals surface area contributed by atoms with E-state index in [0.29, 0.717) is 11.3 Å². The number of hydrogen-bond acceptors (Lipinski definition) is 5. The van der Waals surface area contributed by atoms with Crippen molar-refractivity contribution in [2.24, 2.45) is 5.92 Å². The van der Waals surface area contributed by atoms with Crippen molar-refractivity contribution in [3.05, 3.63) is 33.9 Å². The van der Waals surface area contributed by atoms with E-state index in [0.717, 1.165) is 0 Å². The molecule has 0 bridgehead atoms. The Morgan fingerprint density at radius 3 is 2.80 bits per heavy atom. The fraction of sp³-hybridized carbons (Fsp3) is 0.385. The summed E-state index contributed by atoms with van der Waals surface area (Å²) in [5, 5.41) is 10.9. The maximum atomic E-state index is 12.0. The highest BCUT2D eigenvalue weighted by Gasteiger charge is 2.37. The highest BCUT2D eigenvalue weighted by molar-refractivity contribution is 6.00. The van der Waals surface area contributed by atoms with Crippen LogP contribution in [0.25, 0.3) is 0 Å². The predicted molar refractivity (Wildman–Crippen MR) is 70.3 cm³/mol. The molecular formula is C13H14N2O5. The summed E-state index contributed by atoms with van der Waals surface area (Å²) in [7, 11) is 1.27. The second-order valence-electron chi connectivity index (χ2n) is 4.61. The summed E-state index contributed by atoms with van der Waals surface area (Å²) in [5.41, 5.74) is 0.837. The quantitative estimate of drug-likeness (QED) is 0.474. The first-order valence-corrected chi connectivity index (χ1v) is 6.08. The molecule has 1 aromatic carbocycles. The first kappa shape index (κ1) is 14.0. The molecule has 0 spiro atoms. The summed E-state index contributed by atoms with van der Waals surface area (Å²) in [6.45, 7) is 1.78. The Balaban J connectivity index is 2.33. The number of carbonyl (C=O) groups excluding carboxylic acids is 2. The van der Waals surface area contributed by atoms with E-state index in [4.69, 9.17) is 0 Å². The van der Waals surface area contributed by atoms with Gasteiger partial charge in [-0.3, -0.25) is 19.7 Å². The molecule has 1 aliphatic heterocycles. The number of esters is 1. The van der Waals surface area contributed by atoms with Crippen LogP contribution in [0.5, 0.6) is 0 Å². The minimum Gasteiger partial charge on any atom is -0.469 e. The number of benzene rings is 1. The van der Waals surface area contributed by atoms with Crippen LogP contribution in [0.3, 0.4) is 0 Å². The highest BCUT2D eigenvalue weighted by Crippen LogP contribution is 2.32. The maximum absolute atomic E-state index is 12.0. The number of anilines is 1. The van der Waals surface area contributed by atoms with Crippen molar-refractivity contribution in [3.8, 4) is 0 Å². The molecule has 1 saturated heterocycles. The van der Waals surface area contributed by atoms with Crippen molar-refractivity contribution in [3.63, 3.8) is 0 Å². The summed E-state index contributed by atoms with van der Waals surface area (Å²) in [6, 6.07) is 4.55. The second-order valence-corrected chi connectivity index (χ2v) is 4.61. The number of nitro groups is 1. The van der Waals surface area contributed by atoms with Crippen LogP contribution in [0.15, 0.2) is 18.2 Å². The molecule has 106 valence electrons. The number of nitro benzene ring substituents is 1. The number of methoxy groups -OCH3 is 1. The Morgan fingerprint density at radius 2 is 2.20 bits per heavy atom. The molecule has 0 radical (unpaired) electrons. The number of carbonyl (C=O) groups is 2. The van der Waals surface area contributed by atoms with Gasteiger partial charge in [0.25, 0.3) is 5.69 Å². The molecule has 0 aromatic heterocycles. The minimum atomic E-state index is -0.522. The molecule has 1 aromatic rings. The van der Waals surface area contributed by atoms with Crippen molar-refractivity contribution in [1.29, 1.82) is 0 Å². The lowest BCUT2D eigenvalue weighted by Gasteiger charge is -2.18. The second kappa shape index (κ2) is 5.28. The van der Waals surface area contributed by atoms with E-state index in [1.54, 1.807) is 13.0 Å². The summed E-state index contributed by atoms with van der Waals surface area (Å²) < 4.78 is 4.63. The van der Waals surface area contributed by atoms with Crippen molar-refractivity contribution < 1.29 is 19.2 Å². The monoisotopic (exact) mass is 278 g/mol. The van der Waals surface area contributed by atoms with Crippen LogP contribution in [0.4, 0.5) is 11.4 Å². The van der Waals surface area contributed by atoms with Gasteiger partial charge in [-0.1, -0.05) is 6.07 Å². The SMILES string of the molecule is COC(=O)[C@H]1CC(=O)N(c2cccc([N+](=O)[O-])c2C)C1. The molecule has 1 fully saturated rings. The summed E-state index contributed by atoms with van der Waals surface area (Å²) in [4.78, 5) is 35.3. The fourth-order valence-corrected chi connectivity index (χ4v) is 2.37. The van der Waals surface area contributed by atoms with E-state index < -0.39 is 16.8 Å². The average Bonchev–Trinajstić information content (AvgIpc) is 2.79. The zero-order valence-electron chi connectivity index (χ0n) is 11.2. The van der Waals surface area contributed by atoms with Crippen molar-refractivity contribution in [1.82, 2.24) is 0 Å². The molecule has 7 nitrogen and oxygen atoms in total. The van der Waals surface area contributed by atoms with Gasteiger partial charge >= 0.3 is 5.97 Å². The number of rotatable bonds is 3. The Kier molecular flexibility index (Phi) is 3.69. The first-order valence-electron chi connectivity index (χ1n) is 6.08. The smallest absolute Gasteiger partial charge is 0.311 e. The lowest BCUT2D eigenvalue weighted by molar-refractivity contribution is -0.385. The predicted octanol–water partition coefficient (Wildman–Crippen LogP) is 1.43. The van der Waals surface area contributed by atoms with Crippen LogP contribution in [0, 0.1) is 23.0 Å². The third kappa shape index (κ3) is 2.34. The van der Waals surface area contributed by atoms with Crippen LogP contribution in [-0.4, -0.2) is 30.5 Å². The first-order chi connectivity index (χ1) is 9.45. The van der Waals surface area contributed by atoms with Crippen LogP contribution in [-0.2, 0) is 14.3 Å². The van der Waals surface area contributed by atoms with Crippen molar-refractivity contribution >= 4 is 23.3 Å². The van der Waals surface area contributed by atoms with E-state index in [1.165, 1.54) is 24.1 Å². The molecule has 1 aliphatic rings. The maximum Gasteiger partial charge on any atom is 0.311 e. The van der Waals surface area contributed by atoms with Crippen LogP contribution in [0.2, 0.25) is 0 Å². The Hall–Kier alpha value is -2.44. The van der Waals surface area contributed by atoms with Gasteiger partial charge in [0.2, 0.25) is 5.91 Å². The van der Waals surface area contributed by atoms with Crippen LogP contribution < -0.4 is 4.90 Å². The van der Waals surface area contributed by atoms with Crippen LogP contribution >= 0.6 is 0 Å². The lowest BCUT2D eigenvalue weighted by Crippen LogP contribution is -2.27. The largest absolute Gasteiger partial charge is 0.469 e. The van der Waals surface area contributed by atoms with E-state index in [2.05, 4.69) is 4.74 Å². The molecule has 1 atom stereocenters. The van der Waals surface area contributed by atoms with Gasteiger partial charge in [-0.05, 0) is 13.0 Å². The lowest BCUT2D eigenvalue weighted by atomic mass is 10.1. The van der Waals surface area contributed by atoms with E-state index in [-0.39, 0.29) is 24.6 Å². The number of nitrogens with zero attached hydrogens (tertiary/aromatic N) is 2. The van der Waals surface area contributed by atoms with Gasteiger partial charge in [0.1, 0.15) is 0 Å². The summed E-state index contributed by atoms with van der Waals surface area (Å²) in [5.74, 6) is -1.20. The van der Waals surface area contributed by atoms with Crippen molar-refractivity contribution in [2.45, 2.75) is 13.3 Å². The Bertz CT molecular complexity index is 584. The third-order valence-electron chi connectivity index (χ3n) is 3.42. The standard InChI is InChI=1S/C13H14N2O5/c1-8-10(4-3-5-11(8)15(18)19)14-7-9(6-12(14)16)13(17)20-2/h3-5,9H,6-7H2,1-2H3/t9-/m0/s1. The minimum absolute atomic E-state index is 0.0446. The molecule has 1 heterocycles. The number of amides is 1. The van der Waals surface area contributed by atoms with E-state index >= 15 is 0 Å². The topological polar surface area (TPSA) is 89.8 Å². The van der Waals surface area contributed by atoms with Gasteiger partial charge in [0.05, 0.1) is 29.2 Å². The molecule has 0 unspecified atom stereocenters. The molecule has 0 aliphatic carbocycles. The third-order valence-corrected chi connectivity index (χ3v) is 3.42. The normalized spacial score (nSPS) is 18.2. The summed E-state index contributed by atoms with van der Waals surface area (Å²) >= 11 is 0. The molecule has 0 saturated carbocycles. The van der Waals surface area contributed by atoms with Gasteiger partial charge in [-0.2, -0.15) is 0 Å². The zero-order valence-corrected chi connectivity index (χ0v) is 11.2. The summed E-state index contributed by atoms with van der Waals surface area (Å²) in [6.07, 6.45) is 0.0643. The molecular weight excluding hydrogens is 264 g/mol. The van der Waals surface area contributed by atoms with Gasteiger partial charge in [0, 0.05) is 19.0 Å². The molecule has 1 amide bonds. The Morgan fingerprint density at radius 1 is 1.50 bits per heavy atom. The Labute approximate surface area is 115 Å². The molecule has 2 rings (SSSR count).